The minimum absolute atomic E-state index is 0.0346. The van der Waals surface area contributed by atoms with E-state index in [9.17, 15) is 27.2 Å². The summed E-state index contributed by atoms with van der Waals surface area (Å²) in [5.41, 5.74) is 10.9. The molecular weight excluding hydrogens is 674 g/mol. The number of aliphatic carboxylic acids is 1. The van der Waals surface area contributed by atoms with Gasteiger partial charge in [-0.1, -0.05) is 66.7 Å². The molecule has 0 spiro atoms. The van der Waals surface area contributed by atoms with Gasteiger partial charge in [-0.3, -0.25) is 9.59 Å². The summed E-state index contributed by atoms with van der Waals surface area (Å²) in [4.78, 5) is 36.9. The van der Waals surface area contributed by atoms with Crippen LogP contribution in [0.5, 0.6) is 11.5 Å². The summed E-state index contributed by atoms with van der Waals surface area (Å²) >= 11 is 1.64. The summed E-state index contributed by atoms with van der Waals surface area (Å²) in [6.45, 7) is 0.713. The monoisotopic (exact) mass is 707 g/mol. The second-order valence-corrected chi connectivity index (χ2v) is 11.6. The van der Waals surface area contributed by atoms with Crippen LogP contribution in [0.1, 0.15) is 29.5 Å². The number of carboxylic acids is 1. The van der Waals surface area contributed by atoms with E-state index in [4.69, 9.17) is 20.4 Å². The van der Waals surface area contributed by atoms with Gasteiger partial charge < -0.3 is 25.8 Å². The maximum absolute atomic E-state index is 14.0. The van der Waals surface area contributed by atoms with Crippen LogP contribution in [0.4, 0.5) is 23.2 Å². The van der Waals surface area contributed by atoms with E-state index in [1.807, 2.05) is 78.2 Å². The molecule has 4 N–H and O–H groups in total. The third kappa shape index (κ3) is 11.0. The van der Waals surface area contributed by atoms with E-state index in [2.05, 4.69) is 16.8 Å². The highest BCUT2D eigenvalue weighted by Gasteiger charge is 2.38. The van der Waals surface area contributed by atoms with Crippen molar-refractivity contribution in [2.75, 3.05) is 4.90 Å². The molecule has 0 fully saturated rings. The predicted octanol–water partition coefficient (Wildman–Crippen LogP) is 8.07. The summed E-state index contributed by atoms with van der Waals surface area (Å²) in [6.07, 6.45) is -5.16. The number of ether oxygens (including phenoxy) is 1. The van der Waals surface area contributed by atoms with Crippen LogP contribution in [0.15, 0.2) is 114 Å². The Balaban J connectivity index is 0.000000727. The number of alkyl halides is 3. The number of carboxylic acid groups (broad SMARTS) is 1. The number of nitrogens with two attached hydrogens (primary N) is 1. The number of hydrogen-bond acceptors (Lipinski definition) is 6. The molecule has 13 heteroatoms. The van der Waals surface area contributed by atoms with Crippen molar-refractivity contribution in [3.8, 4) is 22.6 Å². The van der Waals surface area contributed by atoms with Crippen molar-refractivity contribution in [2.24, 2.45) is 5.73 Å². The van der Waals surface area contributed by atoms with Crippen molar-refractivity contribution < 1.29 is 41.8 Å². The first-order chi connectivity index (χ1) is 23.9. The Bertz CT molecular complexity index is 1880. The second kappa shape index (κ2) is 17.7. The van der Waals surface area contributed by atoms with Gasteiger partial charge >= 0.3 is 12.1 Å². The zero-order valence-corrected chi connectivity index (χ0v) is 27.3. The van der Waals surface area contributed by atoms with Gasteiger partial charge in [0.05, 0.1) is 12.2 Å². The normalized spacial score (nSPS) is 10.8. The lowest BCUT2D eigenvalue weighted by Crippen LogP contribution is -2.32. The molecule has 0 unspecified atom stereocenters. The Labute approximate surface area is 289 Å². The summed E-state index contributed by atoms with van der Waals surface area (Å²) in [7, 11) is 0. The quantitative estimate of drug-likeness (QED) is 0.113. The molecule has 0 aliphatic rings. The van der Waals surface area contributed by atoms with Gasteiger partial charge in [-0.25, -0.2) is 9.18 Å². The Kier molecular flexibility index (Phi) is 13.2. The zero-order chi connectivity index (χ0) is 36.1. The Morgan fingerprint density at radius 2 is 1.54 bits per heavy atom. The van der Waals surface area contributed by atoms with E-state index >= 15 is 0 Å². The molecule has 4 aromatic carbocycles. The van der Waals surface area contributed by atoms with E-state index in [1.165, 1.54) is 6.07 Å². The maximum Gasteiger partial charge on any atom is 0.490 e. The van der Waals surface area contributed by atoms with E-state index in [1.54, 1.807) is 34.4 Å². The van der Waals surface area contributed by atoms with E-state index < -0.39 is 12.1 Å². The van der Waals surface area contributed by atoms with Crippen LogP contribution in [0.25, 0.3) is 11.1 Å². The first-order valence-corrected chi connectivity index (χ1v) is 16.2. The third-order valence-electron chi connectivity index (χ3n) is 7.21. The third-order valence-corrected chi connectivity index (χ3v) is 7.89. The van der Waals surface area contributed by atoms with Gasteiger partial charge in [-0.05, 0) is 69.4 Å². The molecule has 2 amide bonds. The number of anilines is 1. The smallest absolute Gasteiger partial charge is 0.475 e. The molecule has 5 aromatic rings. The van der Waals surface area contributed by atoms with Crippen LogP contribution < -0.4 is 20.7 Å². The molecule has 0 radical (unpaired) electrons. The average Bonchev–Trinajstić information content (AvgIpc) is 3.65. The van der Waals surface area contributed by atoms with Crippen molar-refractivity contribution in [2.45, 2.75) is 38.7 Å². The summed E-state index contributed by atoms with van der Waals surface area (Å²) in [5.74, 6) is -2.61. The molecular formula is C37H33F4N3O5S. The van der Waals surface area contributed by atoms with Gasteiger partial charge in [0, 0.05) is 31.5 Å². The molecule has 0 saturated heterocycles. The Morgan fingerprint density at radius 3 is 2.20 bits per heavy atom. The highest BCUT2D eigenvalue weighted by molar-refractivity contribution is 7.08. The number of halogens is 4. The minimum Gasteiger partial charge on any atom is -0.475 e. The molecule has 0 saturated carbocycles. The number of carbonyl (C=O) groups excluding carboxylic acids is 2. The number of benzene rings is 4. The molecule has 1 heterocycles. The van der Waals surface area contributed by atoms with Gasteiger partial charge in [-0.15, -0.1) is 0 Å². The van der Waals surface area contributed by atoms with Crippen LogP contribution in [0.3, 0.4) is 0 Å². The van der Waals surface area contributed by atoms with Crippen molar-refractivity contribution in [1.29, 1.82) is 0 Å². The average molecular weight is 708 g/mol. The number of thiophene rings is 1. The van der Waals surface area contributed by atoms with Crippen LogP contribution in [0, 0.1) is 5.82 Å². The zero-order valence-electron chi connectivity index (χ0n) is 26.5. The molecule has 260 valence electrons. The standard InChI is InChI=1S/C35H32FN3O3S.C2HF3O2/c36-31-9-2-1-7-28(31)22-38-34(40)16-17-35(41)39(23-25-12-14-27(15-13-25)29-18-19-43-24-29)32-10-3-4-11-33(32)42-30-8-5-6-26(20-30)21-37;3-2(4,5)1(6)7/h1-15,18-20,24H,16-17,21-23,37H2,(H,38,40);(H,6,7). The molecule has 5 rings (SSSR count). The Hall–Kier alpha value is -5.53. The number of para-hydroxylation sites is 2. The topological polar surface area (TPSA) is 122 Å². The molecule has 0 bridgehead atoms. The van der Waals surface area contributed by atoms with E-state index in [0.717, 1.165) is 22.3 Å². The number of carbonyl (C=O) groups is 3. The number of nitrogens with one attached hydrogen (secondary N) is 1. The van der Waals surface area contributed by atoms with Crippen LogP contribution in [-0.2, 0) is 34.0 Å². The fraction of sp³-hybridized carbons (Fsp3) is 0.162. The number of hydrogen-bond donors (Lipinski definition) is 3. The van der Waals surface area contributed by atoms with Gasteiger partial charge in [0.25, 0.3) is 0 Å². The first kappa shape index (κ1) is 37.3. The van der Waals surface area contributed by atoms with Crippen molar-refractivity contribution in [3.63, 3.8) is 0 Å². The number of amides is 2. The summed E-state index contributed by atoms with van der Waals surface area (Å²) < 4.78 is 52.0. The first-order valence-electron chi connectivity index (χ1n) is 15.2. The van der Waals surface area contributed by atoms with Crippen molar-refractivity contribution in [1.82, 2.24) is 5.32 Å². The predicted molar refractivity (Wildman–Crippen MR) is 183 cm³/mol. The molecule has 8 nitrogen and oxygen atoms in total. The SMILES string of the molecule is NCc1cccc(Oc2ccccc2N(Cc2ccc(-c3ccsc3)cc2)C(=O)CCC(=O)NCc2ccccc2F)c1.O=C(O)C(F)(F)F. The lowest BCUT2D eigenvalue weighted by molar-refractivity contribution is -0.192. The lowest BCUT2D eigenvalue weighted by atomic mass is 10.1. The maximum atomic E-state index is 14.0. The minimum atomic E-state index is -5.08. The molecule has 0 atom stereocenters. The summed E-state index contributed by atoms with van der Waals surface area (Å²) in [6, 6.07) is 31.3. The fourth-order valence-electron chi connectivity index (χ4n) is 4.63. The largest absolute Gasteiger partial charge is 0.490 e. The Morgan fingerprint density at radius 1 is 0.840 bits per heavy atom. The molecule has 50 heavy (non-hydrogen) atoms. The van der Waals surface area contributed by atoms with Gasteiger partial charge in [0.1, 0.15) is 11.6 Å². The van der Waals surface area contributed by atoms with Crippen molar-refractivity contribution in [3.05, 3.63) is 136 Å². The number of nitrogens with zero attached hydrogens (tertiary/aromatic N) is 1. The van der Waals surface area contributed by atoms with Crippen LogP contribution in [0.2, 0.25) is 0 Å². The van der Waals surface area contributed by atoms with E-state index in [-0.39, 0.29) is 43.6 Å². The highest BCUT2D eigenvalue weighted by atomic mass is 32.1. The fourth-order valence-corrected chi connectivity index (χ4v) is 5.30. The highest BCUT2D eigenvalue weighted by Crippen LogP contribution is 2.34. The number of rotatable bonds is 12. The van der Waals surface area contributed by atoms with Crippen molar-refractivity contribution >= 4 is 34.8 Å². The lowest BCUT2D eigenvalue weighted by Gasteiger charge is -2.25. The van der Waals surface area contributed by atoms with Gasteiger partial charge in [0.2, 0.25) is 11.8 Å². The second-order valence-electron chi connectivity index (χ2n) is 10.8. The molecule has 0 aliphatic carbocycles. The summed E-state index contributed by atoms with van der Waals surface area (Å²) in [5, 5.41) is 14.0. The van der Waals surface area contributed by atoms with Crippen LogP contribution >= 0.6 is 11.3 Å². The van der Waals surface area contributed by atoms with Gasteiger partial charge in [-0.2, -0.15) is 24.5 Å². The van der Waals surface area contributed by atoms with E-state index in [0.29, 0.717) is 29.3 Å². The van der Waals surface area contributed by atoms with Gasteiger partial charge in [0.15, 0.2) is 5.75 Å². The molecule has 0 aliphatic heterocycles. The molecule has 1 aromatic heterocycles. The van der Waals surface area contributed by atoms with Crippen LogP contribution in [-0.4, -0.2) is 29.1 Å².